The second kappa shape index (κ2) is 5.69. The van der Waals surface area contributed by atoms with Crippen molar-refractivity contribution in [1.29, 1.82) is 0 Å². The Bertz CT molecular complexity index is 799. The van der Waals surface area contributed by atoms with Crippen LogP contribution in [0.1, 0.15) is 18.4 Å². The number of aromatic nitrogens is 2. The molecule has 1 fully saturated rings. The molecule has 118 valence electrons. The second-order valence-corrected chi connectivity index (χ2v) is 7.38. The Morgan fingerprint density at radius 2 is 2.27 bits per heavy atom. The van der Waals surface area contributed by atoms with Crippen LogP contribution < -0.4 is 5.32 Å². The van der Waals surface area contributed by atoms with E-state index in [9.17, 15) is 13.2 Å². The van der Waals surface area contributed by atoms with Crippen molar-refractivity contribution in [3.05, 3.63) is 36.2 Å². The molecule has 0 saturated carbocycles. The average Bonchev–Trinajstić information content (AvgIpc) is 3.11. The summed E-state index contributed by atoms with van der Waals surface area (Å²) < 4.78 is 26.4. The van der Waals surface area contributed by atoms with Gasteiger partial charge in [-0.05, 0) is 25.0 Å². The van der Waals surface area contributed by atoms with E-state index in [2.05, 4.69) is 10.4 Å². The number of fused-ring (bicyclic) bond motifs is 1. The molecule has 3 heterocycles. The standard InChI is InChI=1S/C14H18N4O3S/c1-22(20,21)18-8-4-6-13(18)14(19)15-9-11-10-16-17-7-3-2-5-12(11)17/h2-3,5,7,10,13H,4,6,8-9H2,1H3,(H,15,19). The molecule has 1 aliphatic heterocycles. The van der Waals surface area contributed by atoms with E-state index in [0.29, 0.717) is 25.9 Å². The van der Waals surface area contributed by atoms with Gasteiger partial charge in [0.1, 0.15) is 6.04 Å². The predicted octanol–water partition coefficient (Wildman–Crippen LogP) is 0.375. The summed E-state index contributed by atoms with van der Waals surface area (Å²) >= 11 is 0. The summed E-state index contributed by atoms with van der Waals surface area (Å²) in [5.41, 5.74) is 1.83. The molecule has 1 saturated heterocycles. The van der Waals surface area contributed by atoms with Crippen molar-refractivity contribution in [2.75, 3.05) is 12.8 Å². The first-order chi connectivity index (χ1) is 10.5. The number of pyridine rings is 1. The number of sulfonamides is 1. The van der Waals surface area contributed by atoms with E-state index < -0.39 is 16.1 Å². The number of nitrogens with one attached hydrogen (secondary N) is 1. The fourth-order valence-corrected chi connectivity index (χ4v) is 3.95. The highest BCUT2D eigenvalue weighted by molar-refractivity contribution is 7.88. The number of carbonyl (C=O) groups is 1. The average molecular weight is 322 g/mol. The van der Waals surface area contributed by atoms with Crippen LogP contribution >= 0.6 is 0 Å². The lowest BCUT2D eigenvalue weighted by Crippen LogP contribution is -2.45. The van der Waals surface area contributed by atoms with Gasteiger partial charge in [-0.15, -0.1) is 0 Å². The second-order valence-electron chi connectivity index (χ2n) is 5.45. The maximum atomic E-state index is 12.3. The minimum absolute atomic E-state index is 0.252. The molecule has 0 radical (unpaired) electrons. The zero-order valence-corrected chi connectivity index (χ0v) is 13.1. The zero-order valence-electron chi connectivity index (χ0n) is 12.3. The van der Waals surface area contributed by atoms with Crippen LogP contribution in [0, 0.1) is 0 Å². The Balaban J connectivity index is 1.70. The van der Waals surface area contributed by atoms with Gasteiger partial charge in [-0.25, -0.2) is 12.9 Å². The van der Waals surface area contributed by atoms with E-state index in [1.165, 1.54) is 4.31 Å². The van der Waals surface area contributed by atoms with E-state index in [-0.39, 0.29) is 5.91 Å². The van der Waals surface area contributed by atoms with E-state index in [1.807, 2.05) is 24.4 Å². The molecule has 0 spiro atoms. The lowest BCUT2D eigenvalue weighted by atomic mass is 10.2. The number of amides is 1. The normalized spacial score (nSPS) is 19.6. The van der Waals surface area contributed by atoms with Gasteiger partial charge in [0.05, 0.1) is 18.0 Å². The molecule has 3 rings (SSSR count). The van der Waals surface area contributed by atoms with Crippen molar-refractivity contribution in [3.8, 4) is 0 Å². The third kappa shape index (κ3) is 2.84. The third-order valence-electron chi connectivity index (χ3n) is 3.89. The molecule has 2 aromatic heterocycles. The number of hydrogen-bond acceptors (Lipinski definition) is 4. The van der Waals surface area contributed by atoms with Crippen LogP contribution in [0.5, 0.6) is 0 Å². The topological polar surface area (TPSA) is 83.8 Å². The van der Waals surface area contributed by atoms with Gasteiger partial charge in [-0.3, -0.25) is 4.79 Å². The first-order valence-electron chi connectivity index (χ1n) is 7.12. The van der Waals surface area contributed by atoms with Crippen LogP contribution in [0.4, 0.5) is 0 Å². The molecule has 22 heavy (non-hydrogen) atoms. The van der Waals surface area contributed by atoms with Gasteiger partial charge < -0.3 is 5.32 Å². The van der Waals surface area contributed by atoms with Crippen molar-refractivity contribution in [3.63, 3.8) is 0 Å². The Labute approximate surface area is 129 Å². The molecule has 1 amide bonds. The number of hydrogen-bond donors (Lipinski definition) is 1. The Kier molecular flexibility index (Phi) is 3.88. The summed E-state index contributed by atoms with van der Waals surface area (Å²) in [7, 11) is -3.35. The fourth-order valence-electron chi connectivity index (χ4n) is 2.82. The first kappa shape index (κ1) is 15.0. The van der Waals surface area contributed by atoms with Gasteiger partial charge in [-0.1, -0.05) is 6.07 Å². The molecule has 1 atom stereocenters. The highest BCUT2D eigenvalue weighted by Gasteiger charge is 2.36. The van der Waals surface area contributed by atoms with Crippen molar-refractivity contribution >= 4 is 21.4 Å². The van der Waals surface area contributed by atoms with Crippen LogP contribution in [0.3, 0.4) is 0 Å². The van der Waals surface area contributed by atoms with Gasteiger partial charge in [0.15, 0.2) is 0 Å². The number of nitrogens with zero attached hydrogens (tertiary/aromatic N) is 3. The molecule has 2 aromatic rings. The Hall–Kier alpha value is -1.93. The maximum Gasteiger partial charge on any atom is 0.238 e. The monoisotopic (exact) mass is 322 g/mol. The molecule has 7 nitrogen and oxygen atoms in total. The van der Waals surface area contributed by atoms with Crippen LogP contribution in [-0.2, 0) is 21.4 Å². The lowest BCUT2D eigenvalue weighted by Gasteiger charge is -2.21. The van der Waals surface area contributed by atoms with Gasteiger partial charge in [0.25, 0.3) is 0 Å². The molecule has 0 aromatic carbocycles. The van der Waals surface area contributed by atoms with Gasteiger partial charge in [0, 0.05) is 24.8 Å². The lowest BCUT2D eigenvalue weighted by molar-refractivity contribution is -0.124. The minimum atomic E-state index is -3.35. The molecule has 1 aliphatic rings. The minimum Gasteiger partial charge on any atom is -0.350 e. The van der Waals surface area contributed by atoms with Crippen molar-refractivity contribution in [2.45, 2.75) is 25.4 Å². The predicted molar refractivity (Wildman–Crippen MR) is 81.6 cm³/mol. The number of rotatable bonds is 4. The maximum absolute atomic E-state index is 12.3. The molecule has 0 aliphatic carbocycles. The summed E-state index contributed by atoms with van der Waals surface area (Å²) in [6.07, 6.45) is 5.96. The summed E-state index contributed by atoms with van der Waals surface area (Å²) in [6, 6.07) is 5.11. The molecular formula is C14H18N4O3S. The van der Waals surface area contributed by atoms with Crippen LogP contribution in [0.2, 0.25) is 0 Å². The SMILES string of the molecule is CS(=O)(=O)N1CCCC1C(=O)NCc1cnn2ccccc12. The fraction of sp³-hybridized carbons (Fsp3) is 0.429. The highest BCUT2D eigenvalue weighted by Crippen LogP contribution is 2.20. The van der Waals surface area contributed by atoms with E-state index in [1.54, 1.807) is 10.7 Å². The quantitative estimate of drug-likeness (QED) is 0.882. The number of carbonyl (C=O) groups excluding carboxylic acids is 1. The zero-order chi connectivity index (χ0) is 15.7. The summed E-state index contributed by atoms with van der Waals surface area (Å²) in [4.78, 5) is 12.3. The first-order valence-corrected chi connectivity index (χ1v) is 8.97. The van der Waals surface area contributed by atoms with Gasteiger partial charge >= 0.3 is 0 Å². The van der Waals surface area contributed by atoms with Crippen molar-refractivity contribution in [1.82, 2.24) is 19.2 Å². The van der Waals surface area contributed by atoms with Crippen LogP contribution in [0.15, 0.2) is 30.6 Å². The van der Waals surface area contributed by atoms with E-state index in [0.717, 1.165) is 17.3 Å². The molecule has 0 bridgehead atoms. The van der Waals surface area contributed by atoms with Gasteiger partial charge in [0.2, 0.25) is 15.9 Å². The molecule has 8 heteroatoms. The summed E-state index contributed by atoms with van der Waals surface area (Å²) in [5.74, 6) is -0.252. The Morgan fingerprint density at radius 1 is 1.45 bits per heavy atom. The summed E-state index contributed by atoms with van der Waals surface area (Å²) in [5, 5.41) is 7.03. The van der Waals surface area contributed by atoms with Crippen LogP contribution in [0.25, 0.3) is 5.52 Å². The molecule has 1 N–H and O–H groups in total. The van der Waals surface area contributed by atoms with E-state index in [4.69, 9.17) is 0 Å². The van der Waals surface area contributed by atoms with Crippen molar-refractivity contribution < 1.29 is 13.2 Å². The Morgan fingerprint density at radius 3 is 3.05 bits per heavy atom. The largest absolute Gasteiger partial charge is 0.350 e. The molecule has 1 unspecified atom stereocenters. The highest BCUT2D eigenvalue weighted by atomic mass is 32.2. The van der Waals surface area contributed by atoms with Crippen molar-refractivity contribution in [2.24, 2.45) is 0 Å². The summed E-state index contributed by atoms with van der Waals surface area (Å²) in [6.45, 7) is 0.744. The molecular weight excluding hydrogens is 304 g/mol. The van der Waals surface area contributed by atoms with Crippen LogP contribution in [-0.4, -0.2) is 47.1 Å². The smallest absolute Gasteiger partial charge is 0.238 e. The third-order valence-corrected chi connectivity index (χ3v) is 5.18. The van der Waals surface area contributed by atoms with E-state index >= 15 is 0 Å². The van der Waals surface area contributed by atoms with Gasteiger partial charge in [-0.2, -0.15) is 9.40 Å².